The van der Waals surface area contributed by atoms with Gasteiger partial charge in [0.15, 0.2) is 0 Å². The minimum Gasteiger partial charge on any atom is -0.497 e. The third-order valence-corrected chi connectivity index (χ3v) is 7.51. The molecule has 5 aromatic rings. The van der Waals surface area contributed by atoms with Gasteiger partial charge in [0.25, 0.3) is 5.91 Å². The molecule has 0 saturated carbocycles. The van der Waals surface area contributed by atoms with E-state index in [2.05, 4.69) is 10.3 Å². The van der Waals surface area contributed by atoms with Gasteiger partial charge in [-0.1, -0.05) is 36.4 Å². The molecule has 4 aromatic carbocycles. The standard InChI is InChI=1S/C39H40N2O7/c1-39(2,3)48-32-12-9-25(10-13-32)20-29(24-45-4)40-37(43)36-22-34(38(44)47-31-16-14-30(46-5)15-17-31)33-21-28(11-18-35(33)41-36)27-8-6-7-26(19-27)23-42/h6-19,21-22,29,42H,20,23-24H2,1-5H3,(H,40,43)/t29-/m0/s1. The number of aliphatic hydroxyl groups excluding tert-OH is 1. The van der Waals surface area contributed by atoms with Crippen LogP contribution < -0.4 is 19.5 Å². The number of fused-ring (bicyclic) bond motifs is 1. The van der Waals surface area contributed by atoms with Crippen molar-refractivity contribution in [1.29, 1.82) is 0 Å². The summed E-state index contributed by atoms with van der Waals surface area (Å²) in [5, 5.41) is 13.2. The van der Waals surface area contributed by atoms with Crippen LogP contribution in [0.2, 0.25) is 0 Å². The summed E-state index contributed by atoms with van der Waals surface area (Å²) in [7, 11) is 3.13. The van der Waals surface area contributed by atoms with Crippen LogP contribution in [0.25, 0.3) is 22.0 Å². The highest BCUT2D eigenvalue weighted by Gasteiger charge is 2.22. The molecule has 1 atom stereocenters. The summed E-state index contributed by atoms with van der Waals surface area (Å²) in [6, 6.07) is 28.5. The molecule has 248 valence electrons. The molecule has 0 spiro atoms. The first-order valence-corrected chi connectivity index (χ1v) is 15.6. The van der Waals surface area contributed by atoms with Crippen molar-refractivity contribution in [3.05, 3.63) is 119 Å². The summed E-state index contributed by atoms with van der Waals surface area (Å²) in [6.07, 6.45) is 0.506. The zero-order valence-corrected chi connectivity index (χ0v) is 27.8. The quantitative estimate of drug-likeness (QED) is 0.112. The van der Waals surface area contributed by atoms with Crippen LogP contribution in [0.15, 0.2) is 97.1 Å². The second-order valence-corrected chi connectivity index (χ2v) is 12.4. The maximum atomic E-state index is 13.7. The van der Waals surface area contributed by atoms with E-state index in [1.807, 2.05) is 81.4 Å². The Kier molecular flexibility index (Phi) is 10.7. The molecule has 0 aliphatic carbocycles. The van der Waals surface area contributed by atoms with Gasteiger partial charge in [0.1, 0.15) is 28.5 Å². The summed E-state index contributed by atoms with van der Waals surface area (Å²) in [6.45, 7) is 6.15. The number of rotatable bonds is 12. The number of hydrogen-bond acceptors (Lipinski definition) is 8. The summed E-state index contributed by atoms with van der Waals surface area (Å²) in [5.41, 5.74) is 3.81. The molecule has 9 nitrogen and oxygen atoms in total. The van der Waals surface area contributed by atoms with Crippen LogP contribution in [0.4, 0.5) is 0 Å². The van der Waals surface area contributed by atoms with Gasteiger partial charge in [-0.15, -0.1) is 0 Å². The Balaban J connectivity index is 1.46. The predicted molar refractivity (Wildman–Crippen MR) is 185 cm³/mol. The molecule has 1 amide bonds. The van der Waals surface area contributed by atoms with Crippen LogP contribution in [0.5, 0.6) is 17.2 Å². The Morgan fingerprint density at radius 2 is 1.50 bits per heavy atom. The highest BCUT2D eigenvalue weighted by Crippen LogP contribution is 2.29. The van der Waals surface area contributed by atoms with E-state index in [0.29, 0.717) is 28.8 Å². The number of carbonyl (C=O) groups is 2. The van der Waals surface area contributed by atoms with Crippen molar-refractivity contribution >= 4 is 22.8 Å². The van der Waals surface area contributed by atoms with Crippen molar-refractivity contribution in [2.24, 2.45) is 0 Å². The highest BCUT2D eigenvalue weighted by molar-refractivity contribution is 6.08. The van der Waals surface area contributed by atoms with Gasteiger partial charge in [-0.25, -0.2) is 9.78 Å². The molecule has 5 rings (SSSR count). The largest absolute Gasteiger partial charge is 0.497 e. The van der Waals surface area contributed by atoms with Gasteiger partial charge in [0.05, 0.1) is 37.4 Å². The van der Waals surface area contributed by atoms with Gasteiger partial charge in [-0.2, -0.15) is 0 Å². The van der Waals surface area contributed by atoms with Crippen LogP contribution in [-0.2, 0) is 17.8 Å². The van der Waals surface area contributed by atoms with E-state index in [0.717, 1.165) is 28.0 Å². The number of methoxy groups -OCH3 is 2. The Labute approximate surface area is 280 Å². The van der Waals surface area contributed by atoms with Crippen molar-refractivity contribution in [1.82, 2.24) is 10.3 Å². The maximum absolute atomic E-state index is 13.7. The summed E-state index contributed by atoms with van der Waals surface area (Å²) in [4.78, 5) is 32.1. The number of hydrogen-bond donors (Lipinski definition) is 2. The first-order chi connectivity index (χ1) is 23.0. The summed E-state index contributed by atoms with van der Waals surface area (Å²) < 4.78 is 22.3. The number of carbonyl (C=O) groups excluding carboxylic acids is 2. The lowest BCUT2D eigenvalue weighted by atomic mass is 9.99. The molecule has 0 bridgehead atoms. The molecule has 0 saturated heterocycles. The zero-order valence-electron chi connectivity index (χ0n) is 27.8. The van der Waals surface area contributed by atoms with E-state index in [1.54, 1.807) is 44.6 Å². The van der Waals surface area contributed by atoms with Crippen LogP contribution in [0, 0.1) is 0 Å². The second-order valence-electron chi connectivity index (χ2n) is 12.4. The van der Waals surface area contributed by atoms with Crippen LogP contribution in [0.1, 0.15) is 52.7 Å². The molecular weight excluding hydrogens is 608 g/mol. The fourth-order valence-corrected chi connectivity index (χ4v) is 5.29. The van der Waals surface area contributed by atoms with Crippen LogP contribution >= 0.6 is 0 Å². The normalized spacial score (nSPS) is 12.0. The molecule has 1 aromatic heterocycles. The van der Waals surface area contributed by atoms with Crippen molar-refractivity contribution in [3.8, 4) is 28.4 Å². The van der Waals surface area contributed by atoms with Gasteiger partial charge >= 0.3 is 5.97 Å². The molecule has 1 heterocycles. The molecule has 2 N–H and O–H groups in total. The van der Waals surface area contributed by atoms with Crippen molar-refractivity contribution in [2.75, 3.05) is 20.8 Å². The number of esters is 1. The van der Waals surface area contributed by atoms with Crippen LogP contribution in [0.3, 0.4) is 0 Å². The third kappa shape index (κ3) is 8.76. The van der Waals surface area contributed by atoms with E-state index in [9.17, 15) is 14.7 Å². The number of amides is 1. The lowest BCUT2D eigenvalue weighted by Gasteiger charge is -2.22. The number of aliphatic hydroxyl groups is 1. The van der Waals surface area contributed by atoms with E-state index >= 15 is 0 Å². The van der Waals surface area contributed by atoms with E-state index < -0.39 is 11.9 Å². The minimum absolute atomic E-state index is 0.0641. The molecule has 9 heteroatoms. The molecule has 0 unspecified atom stereocenters. The Morgan fingerprint density at radius 3 is 2.17 bits per heavy atom. The van der Waals surface area contributed by atoms with E-state index in [1.165, 1.54) is 6.07 Å². The Hall–Kier alpha value is -5.25. The first kappa shape index (κ1) is 34.1. The molecule has 0 fully saturated rings. The number of benzene rings is 4. The minimum atomic E-state index is -0.645. The fraction of sp³-hybridized carbons (Fsp3) is 0.256. The SMILES string of the molecule is COC[C@H](Cc1ccc(OC(C)(C)C)cc1)NC(=O)c1cc(C(=O)Oc2ccc(OC)cc2)c2cc(-c3cccc(CO)c3)ccc2n1. The molecule has 48 heavy (non-hydrogen) atoms. The van der Waals surface area contributed by atoms with Gasteiger partial charge in [-0.3, -0.25) is 4.79 Å². The number of aromatic nitrogens is 1. The lowest BCUT2D eigenvalue weighted by Crippen LogP contribution is -2.40. The topological polar surface area (TPSA) is 116 Å². The molecule has 0 aliphatic rings. The van der Waals surface area contributed by atoms with Crippen molar-refractivity contribution < 1.29 is 33.6 Å². The van der Waals surface area contributed by atoms with Gasteiger partial charge < -0.3 is 29.4 Å². The fourth-order valence-electron chi connectivity index (χ4n) is 5.29. The number of nitrogens with one attached hydrogen (secondary N) is 1. The number of pyridine rings is 1. The Morgan fingerprint density at radius 1 is 0.812 bits per heavy atom. The monoisotopic (exact) mass is 648 g/mol. The van der Waals surface area contributed by atoms with Gasteiger partial charge in [0.2, 0.25) is 0 Å². The molecule has 0 aliphatic heterocycles. The molecular formula is C39H40N2O7. The lowest BCUT2D eigenvalue weighted by molar-refractivity contribution is 0.0736. The predicted octanol–water partition coefficient (Wildman–Crippen LogP) is 6.79. The van der Waals surface area contributed by atoms with Gasteiger partial charge in [0, 0.05) is 12.5 Å². The first-order valence-electron chi connectivity index (χ1n) is 15.6. The van der Waals surface area contributed by atoms with E-state index in [4.69, 9.17) is 18.9 Å². The average molecular weight is 649 g/mol. The average Bonchev–Trinajstić information content (AvgIpc) is 3.08. The van der Waals surface area contributed by atoms with Crippen LogP contribution in [-0.4, -0.2) is 54.4 Å². The van der Waals surface area contributed by atoms with Crippen molar-refractivity contribution in [3.63, 3.8) is 0 Å². The Bertz CT molecular complexity index is 1880. The van der Waals surface area contributed by atoms with Gasteiger partial charge in [-0.05, 0) is 110 Å². The summed E-state index contributed by atoms with van der Waals surface area (Å²) >= 11 is 0. The number of ether oxygens (including phenoxy) is 4. The molecule has 0 radical (unpaired) electrons. The summed E-state index contributed by atoms with van der Waals surface area (Å²) in [5.74, 6) is 0.608. The smallest absolute Gasteiger partial charge is 0.344 e. The highest BCUT2D eigenvalue weighted by atomic mass is 16.5. The maximum Gasteiger partial charge on any atom is 0.344 e. The van der Waals surface area contributed by atoms with E-state index in [-0.39, 0.29) is 36.1 Å². The zero-order chi connectivity index (χ0) is 34.3. The number of nitrogens with zero attached hydrogens (tertiary/aromatic N) is 1. The third-order valence-electron chi connectivity index (χ3n) is 7.51. The van der Waals surface area contributed by atoms with Crippen molar-refractivity contribution in [2.45, 2.75) is 45.4 Å². The second kappa shape index (κ2) is 15.1.